The lowest BCUT2D eigenvalue weighted by Crippen LogP contribution is -2.62. The summed E-state index contributed by atoms with van der Waals surface area (Å²) in [5, 5.41) is 0. The number of amides is 1. The van der Waals surface area contributed by atoms with Gasteiger partial charge in [0.05, 0.1) is 6.04 Å². The van der Waals surface area contributed by atoms with Crippen molar-refractivity contribution >= 4 is 6.09 Å². The van der Waals surface area contributed by atoms with Gasteiger partial charge in [-0.15, -0.1) is 0 Å². The van der Waals surface area contributed by atoms with Gasteiger partial charge in [0.25, 0.3) is 0 Å². The molecule has 18 heavy (non-hydrogen) atoms. The van der Waals surface area contributed by atoms with Crippen molar-refractivity contribution in [2.24, 2.45) is 10.8 Å². The Morgan fingerprint density at radius 3 is 2.17 bits per heavy atom. The smallest absolute Gasteiger partial charge is 0.410 e. The van der Waals surface area contributed by atoms with Gasteiger partial charge in [-0.1, -0.05) is 41.5 Å². The molecule has 0 aromatic carbocycles. The Balaban J connectivity index is 2.51. The lowest BCUT2D eigenvalue weighted by atomic mass is 9.58. The zero-order valence-electron chi connectivity index (χ0n) is 12.7. The van der Waals surface area contributed by atoms with E-state index in [0.29, 0.717) is 0 Å². The number of piperidine rings is 1. The summed E-state index contributed by atoms with van der Waals surface area (Å²) in [5.74, 6) is 0. The van der Waals surface area contributed by atoms with Crippen LogP contribution in [0.5, 0.6) is 0 Å². The van der Waals surface area contributed by atoms with Gasteiger partial charge in [-0.05, 0) is 19.3 Å². The molecule has 3 heteroatoms. The van der Waals surface area contributed by atoms with Crippen LogP contribution >= 0.6 is 0 Å². The van der Waals surface area contributed by atoms with Crippen LogP contribution in [0.4, 0.5) is 4.79 Å². The predicted octanol–water partition coefficient (Wildman–Crippen LogP) is 3.82. The number of hydrogen-bond donors (Lipinski definition) is 0. The van der Waals surface area contributed by atoms with E-state index in [1.54, 1.807) is 0 Å². The van der Waals surface area contributed by atoms with E-state index in [2.05, 4.69) is 41.5 Å². The first-order chi connectivity index (χ1) is 8.11. The van der Waals surface area contributed by atoms with E-state index >= 15 is 0 Å². The Kier molecular flexibility index (Phi) is 2.95. The van der Waals surface area contributed by atoms with Crippen LogP contribution in [0.15, 0.2) is 0 Å². The van der Waals surface area contributed by atoms with E-state index in [1.165, 1.54) is 6.42 Å². The molecule has 1 atom stereocenters. The first-order valence-electron chi connectivity index (χ1n) is 7.11. The average molecular weight is 253 g/mol. The fraction of sp³-hybridized carbons (Fsp3) is 0.933. The van der Waals surface area contributed by atoms with Gasteiger partial charge >= 0.3 is 6.09 Å². The molecule has 0 bridgehead atoms. The maximum Gasteiger partial charge on any atom is 0.410 e. The van der Waals surface area contributed by atoms with Crippen molar-refractivity contribution in [1.82, 2.24) is 4.90 Å². The van der Waals surface area contributed by atoms with Crippen molar-refractivity contribution in [3.8, 4) is 0 Å². The molecule has 2 aliphatic heterocycles. The van der Waals surface area contributed by atoms with E-state index in [4.69, 9.17) is 4.74 Å². The minimum atomic E-state index is -0.391. The molecule has 2 aliphatic rings. The number of nitrogens with zero attached hydrogens (tertiary/aromatic N) is 1. The van der Waals surface area contributed by atoms with Gasteiger partial charge in [0, 0.05) is 17.4 Å². The number of ether oxygens (including phenoxy) is 1. The minimum absolute atomic E-state index is 0.0579. The van der Waals surface area contributed by atoms with E-state index in [9.17, 15) is 4.79 Å². The molecule has 0 aromatic rings. The standard InChI is InChI=1S/C15H27NO2/c1-13(2,3)15(14(4,5)6)11-9-7-8-10-16(11)12(17)18-15/h11H,7-10H2,1-6H3. The van der Waals surface area contributed by atoms with Gasteiger partial charge in [-0.25, -0.2) is 4.79 Å². The summed E-state index contributed by atoms with van der Waals surface area (Å²) in [6, 6.07) is 0.235. The molecule has 3 nitrogen and oxygen atoms in total. The summed E-state index contributed by atoms with van der Waals surface area (Å²) in [7, 11) is 0. The Bertz CT molecular complexity index is 334. The molecule has 2 heterocycles. The minimum Gasteiger partial charge on any atom is -0.439 e. The van der Waals surface area contributed by atoms with Crippen molar-refractivity contribution in [3.05, 3.63) is 0 Å². The van der Waals surface area contributed by atoms with Crippen LogP contribution in [0.1, 0.15) is 60.8 Å². The molecule has 2 saturated heterocycles. The Labute approximate surface area is 111 Å². The number of carbonyl (C=O) groups is 1. The van der Waals surface area contributed by atoms with Crippen molar-refractivity contribution in [1.29, 1.82) is 0 Å². The monoisotopic (exact) mass is 253 g/mol. The van der Waals surface area contributed by atoms with E-state index in [-0.39, 0.29) is 23.0 Å². The Hall–Kier alpha value is -0.730. The van der Waals surface area contributed by atoms with Gasteiger partial charge in [0.15, 0.2) is 0 Å². The van der Waals surface area contributed by atoms with Gasteiger partial charge < -0.3 is 9.64 Å². The van der Waals surface area contributed by atoms with Crippen LogP contribution in [-0.4, -0.2) is 29.2 Å². The number of cyclic esters (lactones) is 1. The second-order valence-corrected chi connectivity index (χ2v) is 7.81. The molecular formula is C15H27NO2. The summed E-state index contributed by atoms with van der Waals surface area (Å²) in [6.07, 6.45) is 3.27. The van der Waals surface area contributed by atoms with Crippen LogP contribution in [0.2, 0.25) is 0 Å². The zero-order valence-corrected chi connectivity index (χ0v) is 12.7. The van der Waals surface area contributed by atoms with Gasteiger partial charge in [-0.3, -0.25) is 0 Å². The maximum atomic E-state index is 12.2. The second-order valence-electron chi connectivity index (χ2n) is 7.81. The molecule has 1 amide bonds. The van der Waals surface area contributed by atoms with Gasteiger partial charge in [-0.2, -0.15) is 0 Å². The molecule has 2 rings (SSSR count). The summed E-state index contributed by atoms with van der Waals surface area (Å²) in [5.41, 5.74) is -0.507. The number of fused-ring (bicyclic) bond motifs is 1. The average Bonchev–Trinajstić information content (AvgIpc) is 2.52. The summed E-state index contributed by atoms with van der Waals surface area (Å²) >= 11 is 0. The maximum absolute atomic E-state index is 12.2. The second kappa shape index (κ2) is 3.88. The highest BCUT2D eigenvalue weighted by atomic mass is 16.6. The molecule has 104 valence electrons. The molecule has 0 spiro atoms. The topological polar surface area (TPSA) is 29.5 Å². The zero-order chi connectivity index (χ0) is 13.8. The molecule has 0 aliphatic carbocycles. The molecular weight excluding hydrogens is 226 g/mol. The van der Waals surface area contributed by atoms with Crippen molar-refractivity contribution in [2.45, 2.75) is 72.4 Å². The van der Waals surface area contributed by atoms with Crippen LogP contribution in [0.25, 0.3) is 0 Å². The lowest BCUT2D eigenvalue weighted by Gasteiger charge is -2.53. The van der Waals surface area contributed by atoms with E-state index in [0.717, 1.165) is 19.4 Å². The largest absolute Gasteiger partial charge is 0.439 e. The molecule has 1 unspecified atom stereocenters. The first-order valence-corrected chi connectivity index (χ1v) is 7.11. The molecule has 0 N–H and O–H groups in total. The van der Waals surface area contributed by atoms with Crippen molar-refractivity contribution in [2.75, 3.05) is 6.54 Å². The van der Waals surface area contributed by atoms with Gasteiger partial charge in [0.2, 0.25) is 0 Å². The number of carbonyl (C=O) groups excluding carboxylic acids is 1. The van der Waals surface area contributed by atoms with Crippen LogP contribution in [-0.2, 0) is 4.74 Å². The fourth-order valence-electron chi connectivity index (χ4n) is 4.27. The highest BCUT2D eigenvalue weighted by Gasteiger charge is 2.65. The fourth-order valence-corrected chi connectivity index (χ4v) is 4.27. The first kappa shape index (κ1) is 13.7. The lowest BCUT2D eigenvalue weighted by molar-refractivity contribution is -0.136. The van der Waals surface area contributed by atoms with E-state index in [1.807, 2.05) is 4.90 Å². The molecule has 0 radical (unpaired) electrons. The third-order valence-corrected chi connectivity index (χ3v) is 4.68. The van der Waals surface area contributed by atoms with Gasteiger partial charge in [0.1, 0.15) is 5.60 Å². The molecule has 0 saturated carbocycles. The third-order valence-electron chi connectivity index (χ3n) is 4.68. The van der Waals surface area contributed by atoms with Crippen molar-refractivity contribution in [3.63, 3.8) is 0 Å². The Morgan fingerprint density at radius 1 is 1.11 bits per heavy atom. The number of hydrogen-bond acceptors (Lipinski definition) is 2. The van der Waals surface area contributed by atoms with Crippen LogP contribution in [0.3, 0.4) is 0 Å². The summed E-state index contributed by atoms with van der Waals surface area (Å²) in [6.45, 7) is 14.0. The molecule has 0 aromatic heterocycles. The highest BCUT2D eigenvalue weighted by Crippen LogP contribution is 2.55. The summed E-state index contributed by atoms with van der Waals surface area (Å²) in [4.78, 5) is 14.2. The number of rotatable bonds is 0. The highest BCUT2D eigenvalue weighted by molar-refractivity contribution is 5.72. The van der Waals surface area contributed by atoms with Crippen LogP contribution < -0.4 is 0 Å². The Morgan fingerprint density at radius 2 is 1.67 bits per heavy atom. The SMILES string of the molecule is CC(C)(C)C1(C(C)(C)C)OC(=O)N2CCCCC21. The predicted molar refractivity (Wildman–Crippen MR) is 72.5 cm³/mol. The van der Waals surface area contributed by atoms with Crippen molar-refractivity contribution < 1.29 is 9.53 Å². The third kappa shape index (κ3) is 1.66. The van der Waals surface area contributed by atoms with E-state index < -0.39 is 5.60 Å². The normalized spacial score (nSPS) is 28.0. The summed E-state index contributed by atoms with van der Waals surface area (Å²) < 4.78 is 6.01. The quantitative estimate of drug-likeness (QED) is 0.656. The van der Waals surface area contributed by atoms with Crippen LogP contribution in [0, 0.1) is 10.8 Å². The molecule has 2 fully saturated rings.